The molecule has 12 heavy (non-hydrogen) atoms. The van der Waals surface area contributed by atoms with E-state index in [-0.39, 0.29) is 0 Å². The predicted octanol–water partition coefficient (Wildman–Crippen LogP) is 2.12. The van der Waals surface area contributed by atoms with Crippen LogP contribution in [0.3, 0.4) is 0 Å². The fourth-order valence-electron chi connectivity index (χ4n) is 1.27. The van der Waals surface area contributed by atoms with E-state index >= 15 is 0 Å². The standard InChI is InChI=1S/C10H15NO/c1-8-4-5-10(7-11(3)12)9(2)6-8/h4-6,12H,7H2,1-3H3. The van der Waals surface area contributed by atoms with Crippen molar-refractivity contribution >= 4 is 0 Å². The zero-order valence-electron chi connectivity index (χ0n) is 7.83. The van der Waals surface area contributed by atoms with E-state index in [0.717, 1.165) is 0 Å². The Kier molecular flexibility index (Phi) is 2.84. The maximum atomic E-state index is 9.03. The lowest BCUT2D eigenvalue weighted by atomic mass is 10.1. The summed E-state index contributed by atoms with van der Waals surface area (Å²) in [7, 11) is 1.65. The van der Waals surface area contributed by atoms with Crippen molar-refractivity contribution in [2.24, 2.45) is 0 Å². The van der Waals surface area contributed by atoms with Gasteiger partial charge < -0.3 is 5.21 Å². The van der Waals surface area contributed by atoms with Crippen molar-refractivity contribution in [2.75, 3.05) is 7.05 Å². The molecule has 1 aromatic carbocycles. The normalized spacial score (nSPS) is 10.8. The van der Waals surface area contributed by atoms with Gasteiger partial charge in [0.05, 0.1) is 0 Å². The molecule has 1 N–H and O–H groups in total. The molecule has 2 nitrogen and oxygen atoms in total. The van der Waals surface area contributed by atoms with Gasteiger partial charge in [0, 0.05) is 13.6 Å². The highest BCUT2D eigenvalue weighted by molar-refractivity contribution is 5.30. The highest BCUT2D eigenvalue weighted by atomic mass is 16.5. The summed E-state index contributed by atoms with van der Waals surface area (Å²) >= 11 is 0. The van der Waals surface area contributed by atoms with Crippen LogP contribution in [-0.2, 0) is 6.54 Å². The number of benzene rings is 1. The third-order valence-corrected chi connectivity index (χ3v) is 1.90. The lowest BCUT2D eigenvalue weighted by Gasteiger charge is -2.10. The molecule has 0 spiro atoms. The molecule has 66 valence electrons. The van der Waals surface area contributed by atoms with E-state index in [9.17, 15) is 0 Å². The van der Waals surface area contributed by atoms with E-state index in [1.807, 2.05) is 0 Å². The monoisotopic (exact) mass is 165 g/mol. The molecule has 0 saturated heterocycles. The molecule has 0 amide bonds. The van der Waals surface area contributed by atoms with Gasteiger partial charge in [-0.2, -0.15) is 5.06 Å². The van der Waals surface area contributed by atoms with E-state index in [1.54, 1.807) is 7.05 Å². The average Bonchev–Trinajstić information content (AvgIpc) is 1.94. The summed E-state index contributed by atoms with van der Waals surface area (Å²) in [5.41, 5.74) is 3.67. The van der Waals surface area contributed by atoms with Crippen molar-refractivity contribution in [3.8, 4) is 0 Å². The molecule has 0 radical (unpaired) electrons. The van der Waals surface area contributed by atoms with Crippen LogP contribution in [0.2, 0.25) is 0 Å². The van der Waals surface area contributed by atoms with Gasteiger partial charge in [-0.05, 0) is 25.0 Å². The summed E-state index contributed by atoms with van der Waals surface area (Å²) in [4.78, 5) is 0. The van der Waals surface area contributed by atoms with Gasteiger partial charge in [0.2, 0.25) is 0 Å². The van der Waals surface area contributed by atoms with E-state index in [0.29, 0.717) is 6.54 Å². The minimum absolute atomic E-state index is 0.589. The van der Waals surface area contributed by atoms with Crippen LogP contribution >= 0.6 is 0 Å². The van der Waals surface area contributed by atoms with E-state index < -0.39 is 0 Å². The molecule has 0 heterocycles. The number of hydrogen-bond donors (Lipinski definition) is 1. The van der Waals surface area contributed by atoms with Crippen molar-refractivity contribution in [1.82, 2.24) is 5.06 Å². The summed E-state index contributed by atoms with van der Waals surface area (Å²) in [6.07, 6.45) is 0. The molecular weight excluding hydrogens is 150 g/mol. The third kappa shape index (κ3) is 2.32. The molecule has 0 unspecified atom stereocenters. The Morgan fingerprint density at radius 1 is 1.33 bits per heavy atom. The van der Waals surface area contributed by atoms with E-state index in [2.05, 4.69) is 32.0 Å². The highest BCUT2D eigenvalue weighted by Crippen LogP contribution is 2.11. The van der Waals surface area contributed by atoms with Gasteiger partial charge in [-0.1, -0.05) is 23.8 Å². The van der Waals surface area contributed by atoms with Crippen LogP contribution in [-0.4, -0.2) is 17.3 Å². The largest absolute Gasteiger partial charge is 0.314 e. The maximum absolute atomic E-state index is 9.03. The van der Waals surface area contributed by atoms with Gasteiger partial charge in [0.25, 0.3) is 0 Å². The first-order valence-corrected chi connectivity index (χ1v) is 4.06. The minimum atomic E-state index is 0.589. The Labute approximate surface area is 73.4 Å². The first-order valence-electron chi connectivity index (χ1n) is 4.06. The summed E-state index contributed by atoms with van der Waals surface area (Å²) in [5.74, 6) is 0. The predicted molar refractivity (Wildman–Crippen MR) is 49.2 cm³/mol. The van der Waals surface area contributed by atoms with Gasteiger partial charge in [-0.3, -0.25) is 0 Å². The van der Waals surface area contributed by atoms with Crippen LogP contribution in [0, 0.1) is 13.8 Å². The minimum Gasteiger partial charge on any atom is -0.314 e. The molecule has 0 aliphatic rings. The second kappa shape index (κ2) is 3.70. The lowest BCUT2D eigenvalue weighted by molar-refractivity contribution is -0.0732. The van der Waals surface area contributed by atoms with Crippen molar-refractivity contribution < 1.29 is 5.21 Å². The van der Waals surface area contributed by atoms with Crippen LogP contribution in [0.5, 0.6) is 0 Å². The fraction of sp³-hybridized carbons (Fsp3) is 0.400. The molecule has 0 aromatic heterocycles. The Morgan fingerprint density at radius 3 is 2.50 bits per heavy atom. The number of aryl methyl sites for hydroxylation is 2. The van der Waals surface area contributed by atoms with E-state index in [1.165, 1.54) is 21.8 Å². The van der Waals surface area contributed by atoms with Crippen molar-refractivity contribution in [2.45, 2.75) is 20.4 Å². The number of nitrogens with zero attached hydrogens (tertiary/aromatic N) is 1. The fourth-order valence-corrected chi connectivity index (χ4v) is 1.27. The van der Waals surface area contributed by atoms with Crippen LogP contribution in [0.15, 0.2) is 18.2 Å². The van der Waals surface area contributed by atoms with Gasteiger partial charge in [-0.15, -0.1) is 0 Å². The van der Waals surface area contributed by atoms with Gasteiger partial charge in [0.1, 0.15) is 0 Å². The Hall–Kier alpha value is -0.860. The van der Waals surface area contributed by atoms with Gasteiger partial charge >= 0.3 is 0 Å². The number of hydrogen-bond acceptors (Lipinski definition) is 2. The number of rotatable bonds is 2. The molecule has 1 rings (SSSR count). The summed E-state index contributed by atoms with van der Waals surface area (Å²) in [6, 6.07) is 6.24. The molecule has 0 saturated carbocycles. The molecule has 2 heteroatoms. The molecule has 0 bridgehead atoms. The number of hydroxylamine groups is 2. The van der Waals surface area contributed by atoms with Crippen LogP contribution in [0.1, 0.15) is 16.7 Å². The Balaban J connectivity index is 2.86. The smallest absolute Gasteiger partial charge is 0.0488 e. The lowest BCUT2D eigenvalue weighted by Crippen LogP contribution is -2.12. The Bertz CT molecular complexity index is 269. The van der Waals surface area contributed by atoms with Crippen LogP contribution in [0.4, 0.5) is 0 Å². The summed E-state index contributed by atoms with van der Waals surface area (Å²) in [6.45, 7) is 4.72. The second-order valence-corrected chi connectivity index (χ2v) is 3.25. The average molecular weight is 165 g/mol. The Morgan fingerprint density at radius 2 is 2.00 bits per heavy atom. The second-order valence-electron chi connectivity index (χ2n) is 3.25. The molecule has 0 fully saturated rings. The molecule has 0 aliphatic heterocycles. The van der Waals surface area contributed by atoms with Crippen molar-refractivity contribution in [3.63, 3.8) is 0 Å². The summed E-state index contributed by atoms with van der Waals surface area (Å²) in [5, 5.41) is 10.2. The van der Waals surface area contributed by atoms with Crippen molar-refractivity contribution in [3.05, 3.63) is 34.9 Å². The van der Waals surface area contributed by atoms with Gasteiger partial charge in [0.15, 0.2) is 0 Å². The van der Waals surface area contributed by atoms with E-state index in [4.69, 9.17) is 5.21 Å². The first-order chi connectivity index (χ1) is 5.59. The van der Waals surface area contributed by atoms with Crippen LogP contribution < -0.4 is 0 Å². The SMILES string of the molecule is Cc1ccc(CN(C)O)c(C)c1. The molecule has 0 aliphatic carbocycles. The molecule has 0 atom stereocenters. The third-order valence-electron chi connectivity index (χ3n) is 1.90. The zero-order valence-corrected chi connectivity index (χ0v) is 7.83. The quantitative estimate of drug-likeness (QED) is 0.678. The van der Waals surface area contributed by atoms with Crippen molar-refractivity contribution in [1.29, 1.82) is 0 Å². The summed E-state index contributed by atoms with van der Waals surface area (Å²) < 4.78 is 0. The first kappa shape index (κ1) is 9.23. The molecule has 1 aromatic rings. The van der Waals surface area contributed by atoms with Crippen LogP contribution in [0.25, 0.3) is 0 Å². The topological polar surface area (TPSA) is 23.5 Å². The van der Waals surface area contributed by atoms with Gasteiger partial charge in [-0.25, -0.2) is 0 Å². The molecular formula is C10H15NO. The highest BCUT2D eigenvalue weighted by Gasteiger charge is 1.99. The zero-order chi connectivity index (χ0) is 9.14. The maximum Gasteiger partial charge on any atom is 0.0488 e.